The van der Waals surface area contributed by atoms with Gasteiger partial charge in [-0.3, -0.25) is 0 Å². The number of nitrogens with zero attached hydrogens (tertiary/aromatic N) is 2. The number of rotatable bonds is 3. The third-order valence-corrected chi connectivity index (χ3v) is 3.58. The maximum atomic E-state index is 10.7. The maximum absolute atomic E-state index is 10.7. The third-order valence-electron chi connectivity index (χ3n) is 3.58. The van der Waals surface area contributed by atoms with Crippen molar-refractivity contribution in [1.82, 2.24) is 0 Å². The topological polar surface area (TPSA) is 62.0 Å². The first-order valence-corrected chi connectivity index (χ1v) is 6.26. The predicted octanol–water partition coefficient (Wildman–Crippen LogP) is 0.814. The van der Waals surface area contributed by atoms with Crippen LogP contribution in [0.15, 0.2) is 22.3 Å². The summed E-state index contributed by atoms with van der Waals surface area (Å²) in [4.78, 5) is 10.7. The molecule has 19 heavy (non-hydrogen) atoms. The molecule has 0 saturated heterocycles. The molecule has 0 bridgehead atoms. The molecule has 4 nitrogen and oxygen atoms in total. The number of carboxylic acid groups (broad SMARTS) is 1. The Morgan fingerprint density at radius 2 is 2.16 bits per heavy atom. The number of allylic oxidation sites excluding steroid dienone is 2. The number of hydrogen-bond acceptors (Lipinski definition) is 3. The van der Waals surface area contributed by atoms with Crippen molar-refractivity contribution < 1.29 is 9.90 Å². The van der Waals surface area contributed by atoms with Crippen LogP contribution in [0.25, 0.3) is 11.1 Å². The van der Waals surface area contributed by atoms with Gasteiger partial charge in [0.15, 0.2) is 0 Å². The van der Waals surface area contributed by atoms with Crippen molar-refractivity contribution in [2.75, 3.05) is 0 Å². The zero-order valence-electron chi connectivity index (χ0n) is 10.9. The van der Waals surface area contributed by atoms with Crippen molar-refractivity contribution in [1.29, 1.82) is 0 Å². The first kappa shape index (κ1) is 12.0. The van der Waals surface area contributed by atoms with Crippen molar-refractivity contribution in [3.05, 3.63) is 33.6 Å². The van der Waals surface area contributed by atoms with E-state index in [0.717, 1.165) is 16.5 Å². The van der Waals surface area contributed by atoms with Crippen LogP contribution < -0.4 is 10.5 Å². The number of aliphatic carboxylic acids is 1. The minimum absolute atomic E-state index is 0.0881. The summed E-state index contributed by atoms with van der Waals surface area (Å²) in [5.74, 6) is -0.808. The van der Waals surface area contributed by atoms with Gasteiger partial charge in [0.25, 0.3) is 0 Å². The Hall–Kier alpha value is -2.04. The summed E-state index contributed by atoms with van der Waals surface area (Å²) < 4.78 is 0. The van der Waals surface area contributed by atoms with Gasteiger partial charge in [0.05, 0.1) is 0 Å². The van der Waals surface area contributed by atoms with Crippen LogP contribution in [0.1, 0.15) is 37.7 Å². The Morgan fingerprint density at radius 3 is 2.89 bits per heavy atom. The van der Waals surface area contributed by atoms with Crippen LogP contribution in [-0.2, 0) is 4.79 Å². The summed E-state index contributed by atoms with van der Waals surface area (Å²) in [6, 6.07) is 2.05. The number of hydrogen-bond donors (Lipinski definition) is 1. The molecule has 1 N–H and O–H groups in total. The molecule has 0 radical (unpaired) electrons. The second-order valence-electron chi connectivity index (χ2n) is 4.97. The zero-order chi connectivity index (χ0) is 13.6. The van der Waals surface area contributed by atoms with Gasteiger partial charge in [0.1, 0.15) is 0 Å². The number of fused-ring (bicyclic) bond motifs is 2. The van der Waals surface area contributed by atoms with Gasteiger partial charge < -0.3 is 0 Å². The van der Waals surface area contributed by atoms with Crippen LogP contribution in [0.5, 0.6) is 0 Å². The van der Waals surface area contributed by atoms with Crippen LogP contribution >= 0.6 is 0 Å². The summed E-state index contributed by atoms with van der Waals surface area (Å²) >= 11 is 0. The Morgan fingerprint density at radius 1 is 1.37 bits per heavy atom. The van der Waals surface area contributed by atoms with E-state index >= 15 is 0 Å². The SMILES string of the molecule is CC1=CC(C)=c2bc3c(cc21)=NN=C3CCC(=O)O. The van der Waals surface area contributed by atoms with Gasteiger partial charge in [0, 0.05) is 0 Å². The first-order valence-electron chi connectivity index (χ1n) is 6.26. The Balaban J connectivity index is 2.04. The predicted molar refractivity (Wildman–Crippen MR) is 74.7 cm³/mol. The van der Waals surface area contributed by atoms with Crippen LogP contribution in [-0.4, -0.2) is 23.7 Å². The van der Waals surface area contributed by atoms with Gasteiger partial charge in [-0.1, -0.05) is 0 Å². The molecular weight excluding hydrogens is 239 g/mol. The molecule has 5 heteroatoms. The molecule has 2 aliphatic rings. The first-order chi connectivity index (χ1) is 9.06. The molecule has 0 atom stereocenters. The second-order valence-corrected chi connectivity index (χ2v) is 4.97. The molecule has 0 unspecified atom stereocenters. The summed E-state index contributed by atoms with van der Waals surface area (Å²) in [5, 5.41) is 19.1. The van der Waals surface area contributed by atoms with Crippen LogP contribution in [0.3, 0.4) is 0 Å². The monoisotopic (exact) mass is 252 g/mol. The summed E-state index contributed by atoms with van der Waals surface area (Å²) in [5.41, 5.74) is 5.43. The molecule has 0 amide bonds. The van der Waals surface area contributed by atoms with E-state index < -0.39 is 5.97 Å². The van der Waals surface area contributed by atoms with E-state index in [2.05, 4.69) is 37.0 Å². The molecule has 94 valence electrons. The Kier molecular flexibility index (Phi) is 2.70. The van der Waals surface area contributed by atoms with Gasteiger partial charge in [-0.2, -0.15) is 0 Å². The summed E-state index contributed by atoms with van der Waals surface area (Å²) in [7, 11) is 0. The molecule has 0 fully saturated rings. The minimum atomic E-state index is -0.808. The fraction of sp³-hybridized carbons (Fsp3) is 0.286. The van der Waals surface area contributed by atoms with Crippen LogP contribution in [0.4, 0.5) is 0 Å². The van der Waals surface area contributed by atoms with E-state index in [0.29, 0.717) is 6.42 Å². The standard InChI is InChI=1S/C14H13BN2O2/c1-7-5-8(2)13-9(7)6-11-14(15-13)10(16-17-11)3-4-12(18)19/h5-6H,3-4H2,1-2H3,(H,18,19). The van der Waals surface area contributed by atoms with Crippen LogP contribution in [0.2, 0.25) is 0 Å². The van der Waals surface area contributed by atoms with E-state index in [1.807, 2.05) is 6.07 Å². The molecule has 1 aromatic heterocycles. The van der Waals surface area contributed by atoms with E-state index in [1.165, 1.54) is 21.8 Å². The molecule has 1 aliphatic heterocycles. The molecular formula is C14H13BN2O2. The third kappa shape index (κ3) is 1.95. The second kappa shape index (κ2) is 4.26. The van der Waals surface area contributed by atoms with Gasteiger partial charge in [-0.25, -0.2) is 0 Å². The molecule has 2 heterocycles. The Bertz CT molecular complexity index is 775. The molecule has 1 aliphatic carbocycles. The molecule has 0 saturated carbocycles. The number of carboxylic acids is 1. The molecule has 3 rings (SSSR count). The van der Waals surface area contributed by atoms with Crippen molar-refractivity contribution in [2.45, 2.75) is 26.7 Å². The fourth-order valence-corrected chi connectivity index (χ4v) is 2.61. The van der Waals surface area contributed by atoms with E-state index in [4.69, 9.17) is 5.11 Å². The molecule has 1 aromatic rings. The average Bonchev–Trinajstić information content (AvgIpc) is 2.87. The van der Waals surface area contributed by atoms with Gasteiger partial charge in [-0.15, -0.1) is 0 Å². The number of carbonyl (C=O) groups is 1. The van der Waals surface area contributed by atoms with Gasteiger partial charge >= 0.3 is 110 Å². The van der Waals surface area contributed by atoms with Crippen LogP contribution in [0, 0.1) is 0 Å². The quantitative estimate of drug-likeness (QED) is 0.865. The van der Waals surface area contributed by atoms with Crippen molar-refractivity contribution >= 4 is 29.7 Å². The average molecular weight is 252 g/mol. The van der Waals surface area contributed by atoms with Crippen molar-refractivity contribution in [3.8, 4) is 0 Å². The summed E-state index contributed by atoms with van der Waals surface area (Å²) in [6.45, 7) is 6.26. The molecule has 0 aromatic carbocycles. The zero-order valence-corrected chi connectivity index (χ0v) is 10.9. The van der Waals surface area contributed by atoms with Gasteiger partial charge in [-0.05, 0) is 0 Å². The fourth-order valence-electron chi connectivity index (χ4n) is 2.61. The normalized spacial score (nSPS) is 15.4. The Labute approximate surface area is 111 Å². The van der Waals surface area contributed by atoms with Crippen molar-refractivity contribution in [2.24, 2.45) is 10.2 Å². The van der Waals surface area contributed by atoms with Crippen molar-refractivity contribution in [3.63, 3.8) is 0 Å². The van der Waals surface area contributed by atoms with E-state index in [1.54, 1.807) is 0 Å². The van der Waals surface area contributed by atoms with E-state index in [9.17, 15) is 4.79 Å². The van der Waals surface area contributed by atoms with Gasteiger partial charge in [0.2, 0.25) is 0 Å². The molecule has 0 spiro atoms. The van der Waals surface area contributed by atoms with E-state index in [-0.39, 0.29) is 6.42 Å². The summed E-state index contributed by atoms with van der Waals surface area (Å²) in [6.07, 6.45) is 2.68.